The maximum atomic E-state index is 13.9. The molecule has 2 N–H and O–H groups in total. The van der Waals surface area contributed by atoms with Gasteiger partial charge in [0.2, 0.25) is 5.43 Å². The Bertz CT molecular complexity index is 1130. The number of aromatic nitrogens is 1. The van der Waals surface area contributed by atoms with E-state index in [1.807, 2.05) is 0 Å². The Kier molecular flexibility index (Phi) is 5.94. The van der Waals surface area contributed by atoms with Crippen LogP contribution in [0.4, 0.5) is 22.0 Å². The van der Waals surface area contributed by atoms with Gasteiger partial charge in [-0.1, -0.05) is 17.7 Å². The molecule has 3 rings (SSSR count). The first-order valence-electron chi connectivity index (χ1n) is 8.63. The number of halogens is 6. The van der Waals surface area contributed by atoms with Gasteiger partial charge in [0.1, 0.15) is 28.8 Å². The van der Waals surface area contributed by atoms with Gasteiger partial charge in [0.05, 0.1) is 0 Å². The Hall–Kier alpha value is -3.15. The van der Waals surface area contributed by atoms with Gasteiger partial charge in [-0.15, -0.1) is 0 Å². The van der Waals surface area contributed by atoms with E-state index in [0.717, 1.165) is 22.9 Å². The van der Waals surface area contributed by atoms with E-state index in [2.05, 4.69) is 5.32 Å². The zero-order valence-corrected chi connectivity index (χ0v) is 16.2. The van der Waals surface area contributed by atoms with E-state index in [0.29, 0.717) is 4.90 Å². The third-order valence-corrected chi connectivity index (χ3v) is 4.87. The average Bonchev–Trinajstić information content (AvgIpc) is 2.69. The topological polar surface area (TPSA) is 91.6 Å². The standard InChI is InChI=1S/C18H13ClF5N3O4/c19-11-10(20)2-1-8(12(11)21)5-25-16(30)9-6-26-3-4-27(7-18(22,23)24)17(31)13(26)15(29)14(9)28/h1-2,6,29H,3-5,7H2,(H,25,30). The van der Waals surface area contributed by atoms with E-state index >= 15 is 0 Å². The lowest BCUT2D eigenvalue weighted by molar-refractivity contribution is -0.141. The van der Waals surface area contributed by atoms with Gasteiger partial charge in [0, 0.05) is 31.4 Å². The number of nitrogens with one attached hydrogen (secondary N) is 1. The van der Waals surface area contributed by atoms with Crippen molar-refractivity contribution in [3.05, 3.63) is 62.0 Å². The van der Waals surface area contributed by atoms with Gasteiger partial charge in [-0.2, -0.15) is 13.2 Å². The third kappa shape index (κ3) is 4.48. The van der Waals surface area contributed by atoms with Crippen molar-refractivity contribution in [2.45, 2.75) is 19.3 Å². The Labute approximate surface area is 175 Å². The predicted molar refractivity (Wildman–Crippen MR) is 96.9 cm³/mol. The molecule has 166 valence electrons. The number of fused-ring (bicyclic) bond motifs is 1. The van der Waals surface area contributed by atoms with Crippen LogP contribution in [0.3, 0.4) is 0 Å². The van der Waals surface area contributed by atoms with Gasteiger partial charge in [-0.05, 0) is 6.07 Å². The molecule has 0 unspecified atom stereocenters. The number of hydrogen-bond donors (Lipinski definition) is 2. The van der Waals surface area contributed by atoms with Crippen LogP contribution >= 0.6 is 11.6 Å². The highest BCUT2D eigenvalue weighted by Crippen LogP contribution is 2.25. The minimum absolute atomic E-state index is 0.181. The molecule has 0 aliphatic carbocycles. The Morgan fingerprint density at radius 1 is 1.19 bits per heavy atom. The molecule has 31 heavy (non-hydrogen) atoms. The van der Waals surface area contributed by atoms with Crippen LogP contribution in [0.25, 0.3) is 0 Å². The largest absolute Gasteiger partial charge is 0.503 e. The monoisotopic (exact) mass is 465 g/mol. The highest BCUT2D eigenvalue weighted by atomic mass is 35.5. The minimum atomic E-state index is -4.67. The molecule has 0 atom stereocenters. The fraction of sp³-hybridized carbons (Fsp3) is 0.278. The second kappa shape index (κ2) is 8.17. The van der Waals surface area contributed by atoms with Crippen molar-refractivity contribution in [1.82, 2.24) is 14.8 Å². The summed E-state index contributed by atoms with van der Waals surface area (Å²) in [4.78, 5) is 37.4. The Morgan fingerprint density at radius 2 is 1.87 bits per heavy atom. The van der Waals surface area contributed by atoms with Crippen LogP contribution in [-0.2, 0) is 13.1 Å². The van der Waals surface area contributed by atoms with Crippen LogP contribution < -0.4 is 10.7 Å². The maximum absolute atomic E-state index is 13.9. The van der Waals surface area contributed by atoms with Crippen LogP contribution in [0, 0.1) is 11.6 Å². The smallest absolute Gasteiger partial charge is 0.406 e. The molecule has 0 saturated carbocycles. The van der Waals surface area contributed by atoms with E-state index in [9.17, 15) is 41.4 Å². The number of benzene rings is 1. The van der Waals surface area contributed by atoms with Crippen molar-refractivity contribution in [3.63, 3.8) is 0 Å². The predicted octanol–water partition coefficient (Wildman–Crippen LogP) is 2.43. The molecule has 2 heterocycles. The number of hydrogen-bond acceptors (Lipinski definition) is 4. The zero-order chi connectivity index (χ0) is 23.1. The fourth-order valence-corrected chi connectivity index (χ4v) is 3.22. The van der Waals surface area contributed by atoms with Gasteiger partial charge >= 0.3 is 6.18 Å². The molecular weight excluding hydrogens is 453 g/mol. The number of amides is 2. The summed E-state index contributed by atoms with van der Waals surface area (Å²) in [6.07, 6.45) is -3.75. The lowest BCUT2D eigenvalue weighted by Gasteiger charge is -2.30. The summed E-state index contributed by atoms with van der Waals surface area (Å²) in [5.41, 5.74) is -2.76. The quantitative estimate of drug-likeness (QED) is 0.536. The molecule has 0 spiro atoms. The first kappa shape index (κ1) is 22.5. The molecule has 1 aromatic heterocycles. The van der Waals surface area contributed by atoms with E-state index in [1.165, 1.54) is 0 Å². The summed E-state index contributed by atoms with van der Waals surface area (Å²) in [5.74, 6) is -5.56. The van der Waals surface area contributed by atoms with E-state index in [-0.39, 0.29) is 18.7 Å². The van der Waals surface area contributed by atoms with E-state index in [1.54, 1.807) is 0 Å². The van der Waals surface area contributed by atoms with Crippen LogP contribution in [0.5, 0.6) is 5.75 Å². The Morgan fingerprint density at radius 3 is 2.52 bits per heavy atom. The number of alkyl halides is 3. The lowest BCUT2D eigenvalue weighted by Crippen LogP contribution is -2.46. The van der Waals surface area contributed by atoms with Gasteiger partial charge in [0.15, 0.2) is 11.4 Å². The molecule has 1 aromatic carbocycles. The highest BCUT2D eigenvalue weighted by Gasteiger charge is 2.37. The zero-order valence-electron chi connectivity index (χ0n) is 15.4. The summed E-state index contributed by atoms with van der Waals surface area (Å²) in [6, 6.07) is 1.91. The molecule has 0 bridgehead atoms. The number of carbonyl (C=O) groups is 2. The molecule has 1 aliphatic rings. The van der Waals surface area contributed by atoms with Crippen LogP contribution in [-0.4, -0.2) is 45.7 Å². The maximum Gasteiger partial charge on any atom is 0.406 e. The summed E-state index contributed by atoms with van der Waals surface area (Å²) >= 11 is 5.45. The van der Waals surface area contributed by atoms with E-state index < -0.39 is 70.2 Å². The number of nitrogens with zero attached hydrogens (tertiary/aromatic N) is 2. The van der Waals surface area contributed by atoms with Crippen molar-refractivity contribution < 1.29 is 36.6 Å². The van der Waals surface area contributed by atoms with Crippen LogP contribution in [0.2, 0.25) is 5.02 Å². The summed E-state index contributed by atoms with van der Waals surface area (Å²) in [6.45, 7) is -2.63. The molecule has 0 fully saturated rings. The molecule has 0 radical (unpaired) electrons. The number of aromatic hydroxyl groups is 1. The first-order chi connectivity index (χ1) is 14.4. The third-order valence-electron chi connectivity index (χ3n) is 4.53. The van der Waals surface area contributed by atoms with Crippen molar-refractivity contribution in [2.24, 2.45) is 0 Å². The molecule has 0 saturated heterocycles. The Balaban J connectivity index is 1.85. The van der Waals surface area contributed by atoms with Crippen LogP contribution in [0.1, 0.15) is 26.4 Å². The number of rotatable bonds is 4. The van der Waals surface area contributed by atoms with Crippen molar-refractivity contribution >= 4 is 23.4 Å². The molecule has 2 aromatic rings. The van der Waals surface area contributed by atoms with Crippen molar-refractivity contribution in [1.29, 1.82) is 0 Å². The van der Waals surface area contributed by atoms with E-state index in [4.69, 9.17) is 11.6 Å². The van der Waals surface area contributed by atoms with Crippen molar-refractivity contribution in [2.75, 3.05) is 13.1 Å². The van der Waals surface area contributed by atoms with Crippen molar-refractivity contribution in [3.8, 4) is 5.75 Å². The average molecular weight is 466 g/mol. The van der Waals surface area contributed by atoms with Gasteiger partial charge in [-0.25, -0.2) is 8.78 Å². The summed E-state index contributed by atoms with van der Waals surface area (Å²) in [5, 5.41) is 11.5. The van der Waals surface area contributed by atoms with Gasteiger partial charge in [0.25, 0.3) is 11.8 Å². The second-order valence-corrected chi connectivity index (χ2v) is 7.00. The molecule has 7 nitrogen and oxygen atoms in total. The molecule has 1 aliphatic heterocycles. The first-order valence-corrected chi connectivity index (χ1v) is 9.01. The van der Waals surface area contributed by atoms with Crippen LogP contribution in [0.15, 0.2) is 23.1 Å². The number of carbonyl (C=O) groups excluding carboxylic acids is 2. The number of pyridine rings is 1. The molecule has 2 amide bonds. The minimum Gasteiger partial charge on any atom is -0.503 e. The molecule has 13 heteroatoms. The lowest BCUT2D eigenvalue weighted by atomic mass is 10.1. The summed E-state index contributed by atoms with van der Waals surface area (Å²) < 4.78 is 66.0. The van der Waals surface area contributed by atoms with Gasteiger partial charge in [-0.3, -0.25) is 14.4 Å². The normalized spacial score (nSPS) is 13.9. The summed E-state index contributed by atoms with van der Waals surface area (Å²) in [7, 11) is 0. The SMILES string of the molecule is O=C(NCc1ccc(F)c(Cl)c1F)c1cn2c(c(O)c1=O)C(=O)N(CC(F)(F)F)CC2. The molecular formula is C18H13ClF5N3O4. The fourth-order valence-electron chi connectivity index (χ4n) is 3.03. The van der Waals surface area contributed by atoms with Gasteiger partial charge < -0.3 is 19.9 Å². The second-order valence-electron chi connectivity index (χ2n) is 6.62. The highest BCUT2D eigenvalue weighted by molar-refractivity contribution is 6.30.